The Hall–Kier alpha value is -2.68. The molecule has 2 heterocycles. The highest BCUT2D eigenvalue weighted by Gasteiger charge is 2.46. The molecule has 2 saturated heterocycles. The summed E-state index contributed by atoms with van der Waals surface area (Å²) in [6.07, 6.45) is 0. The molecule has 32 heavy (non-hydrogen) atoms. The first kappa shape index (κ1) is 22.5. The van der Waals surface area contributed by atoms with Crippen molar-refractivity contribution in [2.75, 3.05) is 46.5 Å². The van der Waals surface area contributed by atoms with Gasteiger partial charge in [0.15, 0.2) is 0 Å². The maximum atomic E-state index is 13.1. The number of carbonyl (C=O) groups excluding carboxylic acids is 2. The fourth-order valence-electron chi connectivity index (χ4n) is 4.08. The number of aliphatic hydroxyl groups is 1. The van der Waals surface area contributed by atoms with Crippen LogP contribution in [0.4, 0.5) is 0 Å². The van der Waals surface area contributed by atoms with Crippen molar-refractivity contribution in [1.82, 2.24) is 9.80 Å². The SMILES string of the molecule is COc1ccc(/C(O)=C2\C(=O)C(=O)N(CCN3CCOCC3)[C@@H]2c2ccc(Br)cc2)cc1. The quantitative estimate of drug-likeness (QED) is 0.372. The molecule has 0 spiro atoms. The Labute approximate surface area is 195 Å². The van der Waals surface area contributed by atoms with Crippen LogP contribution in [0.3, 0.4) is 0 Å². The van der Waals surface area contributed by atoms with Crippen LogP contribution in [0.5, 0.6) is 5.75 Å². The Morgan fingerprint density at radius 3 is 2.34 bits per heavy atom. The second kappa shape index (κ2) is 9.85. The zero-order valence-corrected chi connectivity index (χ0v) is 19.4. The number of hydrogen-bond donors (Lipinski definition) is 1. The number of likely N-dealkylation sites (tertiary alicyclic amines) is 1. The zero-order chi connectivity index (χ0) is 22.7. The van der Waals surface area contributed by atoms with Crippen molar-refractivity contribution in [2.45, 2.75) is 6.04 Å². The topological polar surface area (TPSA) is 79.3 Å². The molecule has 1 amide bonds. The fraction of sp³-hybridized carbons (Fsp3) is 0.333. The minimum absolute atomic E-state index is 0.101. The summed E-state index contributed by atoms with van der Waals surface area (Å²) in [4.78, 5) is 29.9. The summed E-state index contributed by atoms with van der Waals surface area (Å²) < 4.78 is 11.5. The van der Waals surface area contributed by atoms with Crippen LogP contribution in [-0.4, -0.2) is 73.1 Å². The van der Waals surface area contributed by atoms with Gasteiger partial charge in [-0.2, -0.15) is 0 Å². The molecular weight excluding hydrogens is 476 g/mol. The summed E-state index contributed by atoms with van der Waals surface area (Å²) in [5, 5.41) is 11.1. The number of Topliss-reactive ketones (excluding diaryl/α,β-unsaturated/α-hetero) is 1. The van der Waals surface area contributed by atoms with Crippen LogP contribution in [-0.2, 0) is 14.3 Å². The molecule has 2 fully saturated rings. The third-order valence-electron chi connectivity index (χ3n) is 5.85. The van der Waals surface area contributed by atoms with Gasteiger partial charge in [0.25, 0.3) is 11.7 Å². The van der Waals surface area contributed by atoms with E-state index >= 15 is 0 Å². The number of amides is 1. The molecule has 0 aliphatic carbocycles. The Morgan fingerprint density at radius 2 is 1.72 bits per heavy atom. The van der Waals surface area contributed by atoms with Gasteiger partial charge in [-0.1, -0.05) is 28.1 Å². The average Bonchev–Trinajstić information content (AvgIpc) is 3.08. The summed E-state index contributed by atoms with van der Waals surface area (Å²) in [6, 6.07) is 13.6. The van der Waals surface area contributed by atoms with E-state index in [4.69, 9.17) is 9.47 Å². The molecule has 2 aliphatic rings. The molecule has 0 radical (unpaired) electrons. The normalized spacial score (nSPS) is 21.2. The van der Waals surface area contributed by atoms with E-state index in [1.807, 2.05) is 24.3 Å². The number of ether oxygens (including phenoxy) is 2. The maximum absolute atomic E-state index is 13.1. The number of methoxy groups -OCH3 is 1. The van der Waals surface area contributed by atoms with E-state index < -0.39 is 17.7 Å². The van der Waals surface area contributed by atoms with Crippen molar-refractivity contribution in [3.05, 3.63) is 69.7 Å². The third-order valence-corrected chi connectivity index (χ3v) is 6.38. The zero-order valence-electron chi connectivity index (χ0n) is 17.8. The summed E-state index contributed by atoms with van der Waals surface area (Å²) in [7, 11) is 1.56. The van der Waals surface area contributed by atoms with E-state index in [0.717, 1.165) is 23.1 Å². The number of rotatable bonds is 6. The molecule has 0 saturated carbocycles. The predicted octanol–water partition coefficient (Wildman–Crippen LogP) is 3.21. The van der Waals surface area contributed by atoms with Crippen LogP contribution >= 0.6 is 15.9 Å². The second-order valence-corrected chi connectivity index (χ2v) is 8.64. The van der Waals surface area contributed by atoms with Crippen LogP contribution in [0.15, 0.2) is 58.6 Å². The molecule has 2 aromatic rings. The van der Waals surface area contributed by atoms with Crippen molar-refractivity contribution < 1.29 is 24.2 Å². The Kier molecular flexibility index (Phi) is 6.93. The first-order valence-electron chi connectivity index (χ1n) is 10.5. The number of nitrogens with zero attached hydrogens (tertiary/aromatic N) is 2. The van der Waals surface area contributed by atoms with Gasteiger partial charge in [0.2, 0.25) is 0 Å². The first-order valence-corrected chi connectivity index (χ1v) is 11.3. The van der Waals surface area contributed by atoms with Crippen molar-refractivity contribution in [3.8, 4) is 5.75 Å². The van der Waals surface area contributed by atoms with E-state index in [1.165, 1.54) is 0 Å². The molecule has 2 aliphatic heterocycles. The second-order valence-electron chi connectivity index (χ2n) is 7.73. The minimum atomic E-state index is -0.673. The highest BCUT2D eigenvalue weighted by atomic mass is 79.9. The van der Waals surface area contributed by atoms with Crippen molar-refractivity contribution in [2.24, 2.45) is 0 Å². The molecule has 168 valence electrons. The minimum Gasteiger partial charge on any atom is -0.507 e. The molecule has 0 aromatic heterocycles. The average molecular weight is 501 g/mol. The van der Waals surface area contributed by atoms with E-state index in [9.17, 15) is 14.7 Å². The van der Waals surface area contributed by atoms with Crippen molar-refractivity contribution in [1.29, 1.82) is 0 Å². The number of aliphatic hydroxyl groups excluding tert-OH is 1. The Bertz CT molecular complexity index is 1010. The van der Waals surface area contributed by atoms with Gasteiger partial charge < -0.3 is 19.5 Å². The van der Waals surface area contributed by atoms with Gasteiger partial charge in [0, 0.05) is 36.2 Å². The summed E-state index contributed by atoms with van der Waals surface area (Å²) in [5.74, 6) is -0.820. The van der Waals surface area contributed by atoms with Gasteiger partial charge in [-0.05, 0) is 42.0 Å². The largest absolute Gasteiger partial charge is 0.507 e. The molecule has 0 bridgehead atoms. The molecule has 1 N–H and O–H groups in total. The van der Waals surface area contributed by atoms with E-state index in [-0.39, 0.29) is 11.3 Å². The fourth-order valence-corrected chi connectivity index (χ4v) is 4.34. The van der Waals surface area contributed by atoms with Gasteiger partial charge in [-0.3, -0.25) is 14.5 Å². The molecule has 0 unspecified atom stereocenters. The van der Waals surface area contributed by atoms with Crippen LogP contribution in [0, 0.1) is 0 Å². The van der Waals surface area contributed by atoms with E-state index in [1.54, 1.807) is 36.3 Å². The lowest BCUT2D eigenvalue weighted by atomic mass is 9.95. The Balaban J connectivity index is 1.71. The first-order chi connectivity index (χ1) is 15.5. The number of ketones is 1. The third kappa shape index (κ3) is 4.57. The van der Waals surface area contributed by atoms with Crippen LogP contribution in [0.1, 0.15) is 17.2 Å². The van der Waals surface area contributed by atoms with Crippen molar-refractivity contribution >= 4 is 33.4 Å². The van der Waals surface area contributed by atoms with Gasteiger partial charge in [-0.25, -0.2) is 0 Å². The van der Waals surface area contributed by atoms with Gasteiger partial charge in [-0.15, -0.1) is 0 Å². The number of halogens is 1. The lowest BCUT2D eigenvalue weighted by molar-refractivity contribution is -0.140. The predicted molar refractivity (Wildman–Crippen MR) is 123 cm³/mol. The lowest BCUT2D eigenvalue weighted by Gasteiger charge is -2.31. The van der Waals surface area contributed by atoms with Crippen LogP contribution in [0.2, 0.25) is 0 Å². The number of hydrogen-bond acceptors (Lipinski definition) is 6. The van der Waals surface area contributed by atoms with E-state index in [2.05, 4.69) is 20.8 Å². The Morgan fingerprint density at radius 1 is 1.06 bits per heavy atom. The summed E-state index contributed by atoms with van der Waals surface area (Å²) in [5.41, 5.74) is 1.33. The molecule has 7 nitrogen and oxygen atoms in total. The maximum Gasteiger partial charge on any atom is 0.295 e. The monoisotopic (exact) mass is 500 g/mol. The smallest absolute Gasteiger partial charge is 0.295 e. The molecule has 2 aromatic carbocycles. The summed E-state index contributed by atoms with van der Waals surface area (Å²) >= 11 is 3.43. The van der Waals surface area contributed by atoms with Crippen LogP contribution < -0.4 is 4.74 Å². The molecule has 8 heteroatoms. The lowest BCUT2D eigenvalue weighted by Crippen LogP contribution is -2.42. The molecule has 1 atom stereocenters. The number of benzene rings is 2. The van der Waals surface area contributed by atoms with Gasteiger partial charge >= 0.3 is 0 Å². The summed E-state index contributed by atoms with van der Waals surface area (Å²) in [6.45, 7) is 3.91. The highest BCUT2D eigenvalue weighted by Crippen LogP contribution is 2.39. The van der Waals surface area contributed by atoms with E-state index in [0.29, 0.717) is 37.6 Å². The van der Waals surface area contributed by atoms with Crippen LogP contribution in [0.25, 0.3) is 5.76 Å². The van der Waals surface area contributed by atoms with Gasteiger partial charge in [0.1, 0.15) is 11.5 Å². The molecule has 4 rings (SSSR count). The van der Waals surface area contributed by atoms with Crippen molar-refractivity contribution in [3.63, 3.8) is 0 Å². The highest BCUT2D eigenvalue weighted by molar-refractivity contribution is 9.10. The number of carbonyl (C=O) groups is 2. The van der Waals surface area contributed by atoms with Gasteiger partial charge in [0.05, 0.1) is 31.9 Å². The number of morpholine rings is 1. The standard InChI is InChI=1S/C24H25BrN2O5/c1-31-19-8-4-17(5-9-19)22(28)20-21(16-2-6-18(25)7-3-16)27(24(30)23(20)29)11-10-26-12-14-32-15-13-26/h2-9,21,28H,10-15H2,1H3/b22-20+/t21-/m1/s1. The molecular formula is C24H25BrN2O5.